The Morgan fingerprint density at radius 2 is 2.04 bits per heavy atom. The number of benzene rings is 2. The highest BCUT2D eigenvalue weighted by Crippen LogP contribution is 2.25. The van der Waals surface area contributed by atoms with Crippen LogP contribution in [0.15, 0.2) is 54.7 Å². The van der Waals surface area contributed by atoms with E-state index in [1.54, 1.807) is 6.20 Å². The van der Waals surface area contributed by atoms with Gasteiger partial charge in [-0.1, -0.05) is 29.8 Å². The molecule has 0 atom stereocenters. The van der Waals surface area contributed by atoms with Gasteiger partial charge < -0.3 is 10.1 Å². The van der Waals surface area contributed by atoms with Crippen molar-refractivity contribution in [3.63, 3.8) is 0 Å². The van der Waals surface area contributed by atoms with Crippen LogP contribution in [-0.4, -0.2) is 29.0 Å². The highest BCUT2D eigenvalue weighted by atomic mass is 35.5. The zero-order chi connectivity index (χ0) is 19.2. The van der Waals surface area contributed by atoms with Crippen molar-refractivity contribution in [1.82, 2.24) is 10.3 Å². The Morgan fingerprint density at radius 3 is 2.85 bits per heavy atom. The number of hydrogen-bond acceptors (Lipinski definition) is 5. The summed E-state index contributed by atoms with van der Waals surface area (Å²) in [5.41, 5.74) is 0.680. The summed E-state index contributed by atoms with van der Waals surface area (Å²) in [7, 11) is 0. The van der Waals surface area contributed by atoms with Gasteiger partial charge in [0.2, 0.25) is 0 Å². The minimum atomic E-state index is -0.620. The first-order chi connectivity index (χ1) is 13.1. The summed E-state index contributed by atoms with van der Waals surface area (Å²) in [5, 5.41) is 14.6. The van der Waals surface area contributed by atoms with Crippen molar-refractivity contribution in [2.45, 2.75) is 6.42 Å². The number of para-hydroxylation sites is 1. The van der Waals surface area contributed by atoms with Crippen molar-refractivity contribution in [3.05, 3.63) is 75.4 Å². The van der Waals surface area contributed by atoms with E-state index in [0.717, 1.165) is 17.0 Å². The summed E-state index contributed by atoms with van der Waals surface area (Å²) in [6.45, 7) is 0.768. The molecule has 8 heteroatoms. The topological polar surface area (TPSA) is 94.4 Å². The number of halogens is 1. The predicted octanol–water partition coefficient (Wildman–Crippen LogP) is 4.00. The van der Waals surface area contributed by atoms with Gasteiger partial charge in [0.15, 0.2) is 0 Å². The summed E-state index contributed by atoms with van der Waals surface area (Å²) in [4.78, 5) is 26.7. The molecule has 138 valence electrons. The number of nitro groups is 1. The summed E-state index contributed by atoms with van der Waals surface area (Å²) >= 11 is 5.75. The van der Waals surface area contributed by atoms with Gasteiger partial charge in [0.1, 0.15) is 16.3 Å². The van der Waals surface area contributed by atoms with E-state index in [4.69, 9.17) is 16.3 Å². The third-order valence-corrected chi connectivity index (χ3v) is 4.18. The third kappa shape index (κ3) is 4.51. The number of amides is 1. The molecule has 0 aliphatic carbocycles. The fraction of sp³-hybridized carbons (Fsp3) is 0.158. The Morgan fingerprint density at radius 1 is 1.22 bits per heavy atom. The van der Waals surface area contributed by atoms with Crippen molar-refractivity contribution in [2.24, 2.45) is 0 Å². The number of aromatic nitrogens is 1. The van der Waals surface area contributed by atoms with Gasteiger partial charge in [-0.25, -0.2) is 0 Å². The maximum atomic E-state index is 12.1. The molecule has 1 aromatic heterocycles. The molecule has 0 aliphatic heterocycles. The van der Waals surface area contributed by atoms with E-state index in [1.165, 1.54) is 12.1 Å². The summed E-state index contributed by atoms with van der Waals surface area (Å²) in [5.74, 6) is 0.286. The van der Waals surface area contributed by atoms with Crippen LogP contribution in [0.1, 0.15) is 16.8 Å². The number of nitrogens with one attached hydrogen (secondary N) is 1. The van der Waals surface area contributed by atoms with Crippen LogP contribution in [0.25, 0.3) is 10.9 Å². The van der Waals surface area contributed by atoms with E-state index in [-0.39, 0.29) is 16.3 Å². The van der Waals surface area contributed by atoms with Crippen LogP contribution in [-0.2, 0) is 0 Å². The minimum Gasteiger partial charge on any atom is -0.491 e. The Bertz CT molecular complexity index is 988. The van der Waals surface area contributed by atoms with E-state index in [2.05, 4.69) is 10.3 Å². The molecule has 3 aromatic rings. The van der Waals surface area contributed by atoms with Crippen molar-refractivity contribution in [2.75, 3.05) is 13.2 Å². The van der Waals surface area contributed by atoms with Gasteiger partial charge in [0, 0.05) is 29.8 Å². The van der Waals surface area contributed by atoms with Crippen molar-refractivity contribution < 1.29 is 14.5 Å². The first-order valence-corrected chi connectivity index (χ1v) is 8.63. The van der Waals surface area contributed by atoms with Crippen LogP contribution in [0, 0.1) is 10.1 Å². The molecule has 0 saturated carbocycles. The second kappa shape index (κ2) is 8.46. The first kappa shape index (κ1) is 18.6. The van der Waals surface area contributed by atoms with Gasteiger partial charge in [-0.3, -0.25) is 19.9 Å². The Balaban J connectivity index is 1.51. The van der Waals surface area contributed by atoms with E-state index in [1.807, 2.05) is 30.3 Å². The van der Waals surface area contributed by atoms with Crippen LogP contribution >= 0.6 is 11.6 Å². The first-order valence-electron chi connectivity index (χ1n) is 8.25. The monoisotopic (exact) mass is 385 g/mol. The molecule has 0 bridgehead atoms. The van der Waals surface area contributed by atoms with Crippen molar-refractivity contribution in [3.8, 4) is 5.75 Å². The molecule has 0 spiro atoms. The molecule has 7 nitrogen and oxygen atoms in total. The molecule has 0 unspecified atom stereocenters. The van der Waals surface area contributed by atoms with E-state index in [0.29, 0.717) is 25.3 Å². The number of fused-ring (bicyclic) bond motifs is 1. The van der Waals surface area contributed by atoms with Crippen LogP contribution in [0.3, 0.4) is 0 Å². The van der Waals surface area contributed by atoms with Crippen LogP contribution in [0.5, 0.6) is 5.75 Å². The zero-order valence-corrected chi connectivity index (χ0v) is 15.0. The third-order valence-electron chi connectivity index (χ3n) is 3.86. The molecule has 3 rings (SSSR count). The standard InChI is InChI=1S/C19H16ClN3O4/c20-15-8-7-14(12-16(15)23(25)26)19(24)22-10-3-11-27-17-6-1-4-13-5-2-9-21-18(13)17/h1-2,4-9,12H,3,10-11H2,(H,22,24). The van der Waals surface area contributed by atoms with Gasteiger partial charge in [-0.2, -0.15) is 0 Å². The summed E-state index contributed by atoms with van der Waals surface area (Å²) in [6.07, 6.45) is 2.28. The fourth-order valence-corrected chi connectivity index (χ4v) is 2.73. The second-order valence-electron chi connectivity index (χ2n) is 5.71. The van der Waals surface area contributed by atoms with Gasteiger partial charge >= 0.3 is 0 Å². The van der Waals surface area contributed by atoms with Gasteiger partial charge in [-0.05, 0) is 30.7 Å². The second-order valence-corrected chi connectivity index (χ2v) is 6.12. The highest BCUT2D eigenvalue weighted by Gasteiger charge is 2.16. The Labute approximate surface area is 160 Å². The van der Waals surface area contributed by atoms with Crippen LogP contribution < -0.4 is 10.1 Å². The molecule has 2 aromatic carbocycles. The zero-order valence-electron chi connectivity index (χ0n) is 14.2. The fourth-order valence-electron chi connectivity index (χ4n) is 2.54. The number of pyridine rings is 1. The average Bonchev–Trinajstić information content (AvgIpc) is 2.67. The molecule has 0 radical (unpaired) electrons. The molecule has 0 aliphatic rings. The largest absolute Gasteiger partial charge is 0.491 e. The maximum Gasteiger partial charge on any atom is 0.288 e. The number of rotatable bonds is 7. The van der Waals surface area contributed by atoms with Crippen LogP contribution in [0.4, 0.5) is 5.69 Å². The average molecular weight is 386 g/mol. The lowest BCUT2D eigenvalue weighted by atomic mass is 10.2. The molecular weight excluding hydrogens is 370 g/mol. The molecular formula is C19H16ClN3O4. The number of carbonyl (C=O) groups excluding carboxylic acids is 1. The van der Waals surface area contributed by atoms with Crippen LogP contribution in [0.2, 0.25) is 5.02 Å². The maximum absolute atomic E-state index is 12.1. The normalized spacial score (nSPS) is 10.6. The number of carbonyl (C=O) groups is 1. The molecule has 0 saturated heterocycles. The van der Waals surface area contributed by atoms with E-state index in [9.17, 15) is 14.9 Å². The minimum absolute atomic E-state index is 0.00588. The highest BCUT2D eigenvalue weighted by molar-refractivity contribution is 6.32. The number of nitrogens with zero attached hydrogens (tertiary/aromatic N) is 2. The Hall–Kier alpha value is -3.19. The lowest BCUT2D eigenvalue weighted by Gasteiger charge is -2.09. The number of nitro benzene ring substituents is 1. The SMILES string of the molecule is O=C(NCCCOc1cccc2cccnc12)c1ccc(Cl)c([N+](=O)[O-])c1. The molecule has 1 N–H and O–H groups in total. The lowest BCUT2D eigenvalue weighted by molar-refractivity contribution is -0.384. The predicted molar refractivity (Wildman–Crippen MR) is 102 cm³/mol. The smallest absolute Gasteiger partial charge is 0.288 e. The number of hydrogen-bond donors (Lipinski definition) is 1. The van der Waals surface area contributed by atoms with Gasteiger partial charge in [0.25, 0.3) is 11.6 Å². The van der Waals surface area contributed by atoms with Crippen molar-refractivity contribution in [1.29, 1.82) is 0 Å². The number of ether oxygens (including phenoxy) is 1. The van der Waals surface area contributed by atoms with E-state index < -0.39 is 10.8 Å². The Kier molecular flexibility index (Phi) is 5.83. The van der Waals surface area contributed by atoms with Gasteiger partial charge in [0.05, 0.1) is 11.5 Å². The van der Waals surface area contributed by atoms with E-state index >= 15 is 0 Å². The summed E-state index contributed by atoms with van der Waals surface area (Å²) in [6, 6.07) is 13.5. The quantitative estimate of drug-likeness (QED) is 0.377. The molecule has 1 amide bonds. The lowest BCUT2D eigenvalue weighted by Crippen LogP contribution is -2.25. The molecule has 27 heavy (non-hydrogen) atoms. The van der Waals surface area contributed by atoms with Crippen molar-refractivity contribution >= 4 is 34.1 Å². The molecule has 0 fully saturated rings. The summed E-state index contributed by atoms with van der Waals surface area (Å²) < 4.78 is 5.75. The molecule has 1 heterocycles. The van der Waals surface area contributed by atoms with Gasteiger partial charge in [-0.15, -0.1) is 0 Å².